The van der Waals surface area contributed by atoms with Gasteiger partial charge < -0.3 is 5.73 Å². The first-order valence-electron chi connectivity index (χ1n) is 5.72. The van der Waals surface area contributed by atoms with Gasteiger partial charge in [-0.2, -0.15) is 0 Å². The molecule has 0 aromatic carbocycles. The molecule has 5 heteroatoms. The highest BCUT2D eigenvalue weighted by Crippen LogP contribution is 2.21. The highest BCUT2D eigenvalue weighted by Gasteiger charge is 2.25. The smallest absolute Gasteiger partial charge is 0.330 e. The summed E-state index contributed by atoms with van der Waals surface area (Å²) in [5.74, 6) is 0. The van der Waals surface area contributed by atoms with E-state index in [1.807, 2.05) is 26.0 Å². The number of nitrogens with zero attached hydrogens (tertiary/aromatic N) is 3. The van der Waals surface area contributed by atoms with Gasteiger partial charge in [-0.25, -0.2) is 9.78 Å². The molecule has 0 bridgehead atoms. The second kappa shape index (κ2) is 4.00. The molecule has 0 radical (unpaired) electrons. The average molecular weight is 234 g/mol. The summed E-state index contributed by atoms with van der Waals surface area (Å²) in [6.45, 7) is 4.56. The van der Waals surface area contributed by atoms with Crippen molar-refractivity contribution in [3.05, 3.63) is 28.8 Å². The molecule has 0 atom stereocenters. The number of aryl methyl sites for hydroxylation is 1. The molecule has 2 aromatic rings. The normalized spacial score (nSPS) is 12.2. The topological polar surface area (TPSA) is 65.8 Å². The Bertz CT molecular complexity index is 594. The van der Waals surface area contributed by atoms with Crippen molar-refractivity contribution >= 4 is 11.2 Å². The number of hydrogen-bond donors (Lipinski definition) is 1. The highest BCUT2D eigenvalue weighted by molar-refractivity contribution is 5.71. The fourth-order valence-electron chi connectivity index (χ4n) is 2.18. The maximum Gasteiger partial charge on any atom is 0.330 e. The third kappa shape index (κ3) is 1.76. The van der Waals surface area contributed by atoms with Crippen LogP contribution in [0.2, 0.25) is 0 Å². The van der Waals surface area contributed by atoms with Gasteiger partial charge in [0.25, 0.3) is 0 Å². The van der Waals surface area contributed by atoms with Gasteiger partial charge in [0, 0.05) is 18.8 Å². The highest BCUT2D eigenvalue weighted by atomic mass is 16.1. The van der Waals surface area contributed by atoms with Gasteiger partial charge in [-0.15, -0.1) is 0 Å². The van der Waals surface area contributed by atoms with Gasteiger partial charge in [0.1, 0.15) is 0 Å². The minimum Gasteiger partial charge on any atom is -0.330 e. The van der Waals surface area contributed by atoms with Crippen LogP contribution in [-0.2, 0) is 12.6 Å². The van der Waals surface area contributed by atoms with E-state index in [4.69, 9.17) is 5.73 Å². The number of nitrogens with two attached hydrogens (primary N) is 1. The fraction of sp³-hybridized carbons (Fsp3) is 0.500. The molecule has 5 nitrogen and oxygen atoms in total. The maximum atomic E-state index is 12.3. The summed E-state index contributed by atoms with van der Waals surface area (Å²) in [6.07, 6.45) is 2.44. The minimum absolute atomic E-state index is 0.0443. The van der Waals surface area contributed by atoms with Crippen LogP contribution in [0.5, 0.6) is 0 Å². The Kier molecular flexibility index (Phi) is 2.79. The fourth-order valence-corrected chi connectivity index (χ4v) is 2.18. The lowest BCUT2D eigenvalue weighted by atomic mass is 10.0. The Morgan fingerprint density at radius 3 is 2.82 bits per heavy atom. The Morgan fingerprint density at radius 1 is 1.47 bits per heavy atom. The zero-order chi connectivity index (χ0) is 12.6. The van der Waals surface area contributed by atoms with Crippen LogP contribution >= 0.6 is 0 Å². The predicted octanol–water partition coefficient (Wildman–Crippen LogP) is 0.819. The van der Waals surface area contributed by atoms with E-state index in [0.29, 0.717) is 6.54 Å². The van der Waals surface area contributed by atoms with E-state index >= 15 is 0 Å². The van der Waals surface area contributed by atoms with Gasteiger partial charge in [-0.05, 0) is 38.9 Å². The van der Waals surface area contributed by atoms with Crippen LogP contribution in [0.15, 0.2) is 23.1 Å². The van der Waals surface area contributed by atoms with Crippen LogP contribution in [0.1, 0.15) is 20.3 Å². The average Bonchev–Trinajstić information content (AvgIpc) is 2.53. The molecule has 2 rings (SSSR count). The van der Waals surface area contributed by atoms with Crippen molar-refractivity contribution in [3.63, 3.8) is 0 Å². The largest absolute Gasteiger partial charge is 0.330 e. The summed E-state index contributed by atoms with van der Waals surface area (Å²) in [7, 11) is 1.77. The Labute approximate surface area is 99.9 Å². The van der Waals surface area contributed by atoms with Gasteiger partial charge in [-0.1, -0.05) is 0 Å². The zero-order valence-electron chi connectivity index (χ0n) is 10.5. The summed E-state index contributed by atoms with van der Waals surface area (Å²) in [6, 6.07) is 3.74. The molecule has 0 aliphatic carbocycles. The van der Waals surface area contributed by atoms with E-state index in [1.54, 1.807) is 22.4 Å². The number of aromatic nitrogens is 3. The SMILES string of the molecule is Cn1c(=O)n(C(C)(C)CCN)c2ncccc21. The van der Waals surface area contributed by atoms with Gasteiger partial charge in [0.2, 0.25) is 0 Å². The number of pyridine rings is 1. The molecule has 0 fully saturated rings. The summed E-state index contributed by atoms with van der Waals surface area (Å²) < 4.78 is 3.36. The van der Waals surface area contributed by atoms with Gasteiger partial charge >= 0.3 is 5.69 Å². The van der Waals surface area contributed by atoms with E-state index in [0.717, 1.165) is 17.6 Å². The predicted molar refractivity (Wildman–Crippen MR) is 68.0 cm³/mol. The van der Waals surface area contributed by atoms with Crippen LogP contribution in [0.4, 0.5) is 0 Å². The molecular weight excluding hydrogens is 216 g/mol. The van der Waals surface area contributed by atoms with Gasteiger partial charge in [0.15, 0.2) is 5.65 Å². The number of imidazole rings is 1. The van der Waals surface area contributed by atoms with Crippen LogP contribution in [0, 0.1) is 0 Å². The van der Waals surface area contributed by atoms with Crippen LogP contribution in [-0.4, -0.2) is 20.7 Å². The van der Waals surface area contributed by atoms with Gasteiger partial charge in [0.05, 0.1) is 5.52 Å². The van der Waals surface area contributed by atoms with Crippen LogP contribution in [0.3, 0.4) is 0 Å². The number of rotatable bonds is 3. The molecular formula is C12H18N4O. The molecule has 2 aromatic heterocycles. The third-order valence-corrected chi connectivity index (χ3v) is 3.18. The third-order valence-electron chi connectivity index (χ3n) is 3.18. The van der Waals surface area contributed by atoms with E-state index < -0.39 is 0 Å². The molecule has 0 amide bonds. The standard InChI is InChI=1S/C12H18N4O/c1-12(2,6-7-13)16-10-9(5-4-8-14-10)15(3)11(16)17/h4-5,8H,6-7,13H2,1-3H3. The molecule has 0 aliphatic heterocycles. The Balaban J connectivity index is 2.78. The molecule has 0 saturated carbocycles. The van der Waals surface area contributed by atoms with E-state index in [-0.39, 0.29) is 11.2 Å². The van der Waals surface area contributed by atoms with E-state index in [1.165, 1.54) is 0 Å². The quantitative estimate of drug-likeness (QED) is 0.855. The second-order valence-electron chi connectivity index (χ2n) is 4.87. The van der Waals surface area contributed by atoms with Crippen LogP contribution < -0.4 is 11.4 Å². The zero-order valence-corrected chi connectivity index (χ0v) is 10.5. The lowest BCUT2D eigenvalue weighted by Crippen LogP contribution is -2.38. The molecule has 0 saturated heterocycles. The van der Waals surface area contributed by atoms with Crippen molar-refractivity contribution in [2.24, 2.45) is 12.8 Å². The summed E-state index contributed by atoms with van der Waals surface area (Å²) in [5.41, 5.74) is 6.82. The Morgan fingerprint density at radius 2 is 2.18 bits per heavy atom. The molecule has 2 heterocycles. The van der Waals surface area contributed by atoms with Crippen molar-refractivity contribution in [1.29, 1.82) is 0 Å². The molecule has 92 valence electrons. The van der Waals surface area contributed by atoms with Crippen molar-refractivity contribution in [1.82, 2.24) is 14.1 Å². The first-order valence-corrected chi connectivity index (χ1v) is 5.72. The monoisotopic (exact) mass is 234 g/mol. The first-order chi connectivity index (χ1) is 7.99. The molecule has 0 aliphatic rings. The van der Waals surface area contributed by atoms with Crippen molar-refractivity contribution in [2.75, 3.05) is 6.54 Å². The molecule has 17 heavy (non-hydrogen) atoms. The van der Waals surface area contributed by atoms with Crippen LogP contribution in [0.25, 0.3) is 11.2 Å². The maximum absolute atomic E-state index is 12.3. The summed E-state index contributed by atoms with van der Waals surface area (Å²) in [5, 5.41) is 0. The lowest BCUT2D eigenvalue weighted by Gasteiger charge is -2.25. The van der Waals surface area contributed by atoms with Crippen molar-refractivity contribution in [2.45, 2.75) is 25.8 Å². The molecule has 0 spiro atoms. The lowest BCUT2D eigenvalue weighted by molar-refractivity contribution is 0.329. The molecule has 2 N–H and O–H groups in total. The second-order valence-corrected chi connectivity index (χ2v) is 4.87. The molecule has 0 unspecified atom stereocenters. The Hall–Kier alpha value is -1.62. The van der Waals surface area contributed by atoms with E-state index in [9.17, 15) is 4.79 Å². The van der Waals surface area contributed by atoms with Crippen molar-refractivity contribution < 1.29 is 0 Å². The number of hydrogen-bond acceptors (Lipinski definition) is 3. The first kappa shape index (κ1) is 11.9. The van der Waals surface area contributed by atoms with E-state index in [2.05, 4.69) is 4.98 Å². The number of fused-ring (bicyclic) bond motifs is 1. The summed E-state index contributed by atoms with van der Waals surface area (Å²) >= 11 is 0. The van der Waals surface area contributed by atoms with Gasteiger partial charge in [-0.3, -0.25) is 9.13 Å². The summed E-state index contributed by atoms with van der Waals surface area (Å²) in [4.78, 5) is 16.6. The minimum atomic E-state index is -0.320. The van der Waals surface area contributed by atoms with Crippen molar-refractivity contribution in [3.8, 4) is 0 Å².